The monoisotopic (exact) mass is 284 g/mol. The molecule has 1 aliphatic heterocycles. The number of nitrogens with zero attached hydrogens (tertiary/aromatic N) is 1. The first-order valence-corrected chi connectivity index (χ1v) is 8.10. The normalized spacial score (nSPS) is 23.4. The third-order valence-electron chi connectivity index (χ3n) is 3.55. The maximum Gasteiger partial charge on any atom is 0.241 e. The van der Waals surface area contributed by atoms with Gasteiger partial charge in [-0.2, -0.15) is 0 Å². The van der Waals surface area contributed by atoms with Crippen LogP contribution < -0.4 is 5.32 Å². The van der Waals surface area contributed by atoms with Crippen molar-refractivity contribution in [1.29, 1.82) is 0 Å². The first kappa shape index (κ1) is 17.4. The summed E-state index contributed by atoms with van der Waals surface area (Å²) in [4.78, 5) is 14.4. The summed E-state index contributed by atoms with van der Waals surface area (Å²) in [5.41, 5.74) is 0. The van der Waals surface area contributed by atoms with E-state index in [1.807, 2.05) is 4.90 Å². The molecular formula is C16H32N2O2. The third kappa shape index (κ3) is 5.41. The van der Waals surface area contributed by atoms with Crippen LogP contribution in [-0.4, -0.2) is 42.8 Å². The first-order valence-electron chi connectivity index (χ1n) is 8.10. The van der Waals surface area contributed by atoms with Gasteiger partial charge in [0.2, 0.25) is 5.91 Å². The molecule has 1 N–H and O–H groups in total. The zero-order valence-corrected chi connectivity index (χ0v) is 13.8. The molecule has 4 heteroatoms. The van der Waals surface area contributed by atoms with E-state index in [1.165, 1.54) is 0 Å². The van der Waals surface area contributed by atoms with Crippen LogP contribution in [0.4, 0.5) is 0 Å². The molecule has 0 aliphatic carbocycles. The molecule has 0 saturated carbocycles. The van der Waals surface area contributed by atoms with Crippen LogP contribution in [0.1, 0.15) is 53.9 Å². The number of carbonyl (C=O) groups is 1. The van der Waals surface area contributed by atoms with E-state index in [-0.39, 0.29) is 18.1 Å². The molecule has 20 heavy (non-hydrogen) atoms. The van der Waals surface area contributed by atoms with Crippen molar-refractivity contribution in [2.45, 2.75) is 66.1 Å². The van der Waals surface area contributed by atoms with Gasteiger partial charge in [0.05, 0.1) is 18.8 Å². The van der Waals surface area contributed by atoms with Gasteiger partial charge in [-0.25, -0.2) is 0 Å². The molecule has 0 aromatic heterocycles. The highest BCUT2D eigenvalue weighted by atomic mass is 16.5. The summed E-state index contributed by atoms with van der Waals surface area (Å²) < 4.78 is 5.63. The summed E-state index contributed by atoms with van der Waals surface area (Å²) in [5, 5.41) is 3.49. The minimum absolute atomic E-state index is 0.00819. The molecule has 118 valence electrons. The van der Waals surface area contributed by atoms with Gasteiger partial charge in [-0.3, -0.25) is 10.1 Å². The highest BCUT2D eigenvalue weighted by molar-refractivity contribution is 5.84. The van der Waals surface area contributed by atoms with Crippen molar-refractivity contribution in [3.63, 3.8) is 0 Å². The molecule has 1 amide bonds. The van der Waals surface area contributed by atoms with Gasteiger partial charge in [-0.1, -0.05) is 41.0 Å². The predicted molar refractivity (Wildman–Crippen MR) is 82.4 cm³/mol. The van der Waals surface area contributed by atoms with Gasteiger partial charge in [0.25, 0.3) is 0 Å². The van der Waals surface area contributed by atoms with Crippen molar-refractivity contribution in [1.82, 2.24) is 10.2 Å². The van der Waals surface area contributed by atoms with Gasteiger partial charge >= 0.3 is 0 Å². The minimum atomic E-state index is 0.00819. The highest BCUT2D eigenvalue weighted by Gasteiger charge is 2.37. The van der Waals surface area contributed by atoms with Crippen molar-refractivity contribution < 1.29 is 9.53 Å². The Morgan fingerprint density at radius 1 is 1.25 bits per heavy atom. The van der Waals surface area contributed by atoms with E-state index >= 15 is 0 Å². The quantitative estimate of drug-likeness (QED) is 0.662. The molecular weight excluding hydrogens is 252 g/mol. The SMILES string of the molecule is CCCC1NC(CC(C)C)N(CCOCC(C)C)C1=O. The fourth-order valence-electron chi connectivity index (χ4n) is 2.63. The van der Waals surface area contributed by atoms with E-state index in [1.54, 1.807) is 0 Å². The van der Waals surface area contributed by atoms with Crippen molar-refractivity contribution in [2.75, 3.05) is 19.8 Å². The van der Waals surface area contributed by atoms with Gasteiger partial charge in [0.15, 0.2) is 0 Å². The molecule has 2 unspecified atom stereocenters. The summed E-state index contributed by atoms with van der Waals surface area (Å²) in [6, 6.07) is 0.00819. The highest BCUT2D eigenvalue weighted by Crippen LogP contribution is 2.19. The van der Waals surface area contributed by atoms with Crippen LogP contribution >= 0.6 is 0 Å². The third-order valence-corrected chi connectivity index (χ3v) is 3.55. The van der Waals surface area contributed by atoms with Crippen molar-refractivity contribution in [3.8, 4) is 0 Å². The van der Waals surface area contributed by atoms with Crippen molar-refractivity contribution in [2.24, 2.45) is 11.8 Å². The smallest absolute Gasteiger partial charge is 0.241 e. The topological polar surface area (TPSA) is 41.6 Å². The number of nitrogens with one attached hydrogen (secondary N) is 1. The fourth-order valence-corrected chi connectivity index (χ4v) is 2.63. The molecule has 1 rings (SSSR count). The summed E-state index contributed by atoms with van der Waals surface area (Å²) >= 11 is 0. The maximum atomic E-state index is 12.4. The summed E-state index contributed by atoms with van der Waals surface area (Å²) in [6.45, 7) is 12.9. The molecule has 0 radical (unpaired) electrons. The molecule has 1 aliphatic rings. The lowest BCUT2D eigenvalue weighted by molar-refractivity contribution is -0.131. The Labute approximate surface area is 124 Å². The van der Waals surface area contributed by atoms with Crippen LogP contribution in [0.2, 0.25) is 0 Å². The van der Waals surface area contributed by atoms with Crippen LogP contribution in [0, 0.1) is 11.8 Å². The average molecular weight is 284 g/mol. The van der Waals surface area contributed by atoms with E-state index in [0.717, 1.165) is 25.9 Å². The second-order valence-electron chi connectivity index (χ2n) is 6.65. The number of ether oxygens (including phenoxy) is 1. The Balaban J connectivity index is 2.50. The molecule has 0 aromatic carbocycles. The standard InChI is InChI=1S/C16H32N2O2/c1-6-7-14-16(19)18(8-9-20-11-13(4)5)15(17-14)10-12(2)3/h12-15,17H,6-11H2,1-5H3. The average Bonchev–Trinajstić information content (AvgIpc) is 2.62. The van der Waals surface area contributed by atoms with Crippen LogP contribution in [0.5, 0.6) is 0 Å². The summed E-state index contributed by atoms with van der Waals surface area (Å²) in [7, 11) is 0. The summed E-state index contributed by atoms with van der Waals surface area (Å²) in [6.07, 6.45) is 3.16. The molecule has 1 heterocycles. The zero-order chi connectivity index (χ0) is 15.1. The van der Waals surface area contributed by atoms with E-state index in [4.69, 9.17) is 4.74 Å². The molecule has 0 bridgehead atoms. The lowest BCUT2D eigenvalue weighted by Crippen LogP contribution is -2.40. The van der Waals surface area contributed by atoms with Crippen LogP contribution in [-0.2, 0) is 9.53 Å². The second kappa shape index (κ2) is 8.63. The Morgan fingerprint density at radius 2 is 1.95 bits per heavy atom. The van der Waals surface area contributed by atoms with E-state index in [0.29, 0.717) is 25.0 Å². The van der Waals surface area contributed by atoms with E-state index in [9.17, 15) is 4.79 Å². The molecule has 0 aromatic rings. The summed E-state index contributed by atoms with van der Waals surface area (Å²) in [5.74, 6) is 1.38. The first-order chi connectivity index (χ1) is 9.45. The van der Waals surface area contributed by atoms with Gasteiger partial charge in [-0.05, 0) is 24.7 Å². The zero-order valence-electron chi connectivity index (χ0n) is 13.8. The predicted octanol–water partition coefficient (Wildman–Crippen LogP) is 2.63. The molecule has 0 spiro atoms. The molecule has 2 atom stereocenters. The largest absolute Gasteiger partial charge is 0.379 e. The second-order valence-corrected chi connectivity index (χ2v) is 6.65. The Hall–Kier alpha value is -0.610. The molecule has 1 saturated heterocycles. The van der Waals surface area contributed by atoms with Gasteiger partial charge in [-0.15, -0.1) is 0 Å². The van der Waals surface area contributed by atoms with Gasteiger partial charge < -0.3 is 9.64 Å². The molecule has 1 fully saturated rings. The van der Waals surface area contributed by atoms with Crippen molar-refractivity contribution >= 4 is 5.91 Å². The Bertz CT molecular complexity index is 292. The number of rotatable bonds is 9. The maximum absolute atomic E-state index is 12.4. The van der Waals surface area contributed by atoms with Crippen LogP contribution in [0.15, 0.2) is 0 Å². The van der Waals surface area contributed by atoms with E-state index < -0.39 is 0 Å². The van der Waals surface area contributed by atoms with Crippen molar-refractivity contribution in [3.05, 3.63) is 0 Å². The number of hydrogen-bond donors (Lipinski definition) is 1. The lowest BCUT2D eigenvalue weighted by Gasteiger charge is -2.25. The number of amides is 1. The molecule has 4 nitrogen and oxygen atoms in total. The Morgan fingerprint density at radius 3 is 2.50 bits per heavy atom. The Kier molecular flexibility index (Phi) is 7.52. The minimum Gasteiger partial charge on any atom is -0.379 e. The van der Waals surface area contributed by atoms with Gasteiger partial charge in [0, 0.05) is 13.2 Å². The lowest BCUT2D eigenvalue weighted by atomic mass is 10.1. The number of carbonyl (C=O) groups excluding carboxylic acids is 1. The van der Waals surface area contributed by atoms with E-state index in [2.05, 4.69) is 39.9 Å². The number of hydrogen-bond acceptors (Lipinski definition) is 3. The van der Waals surface area contributed by atoms with Crippen LogP contribution in [0.3, 0.4) is 0 Å². The van der Waals surface area contributed by atoms with Crippen LogP contribution in [0.25, 0.3) is 0 Å². The van der Waals surface area contributed by atoms with Gasteiger partial charge in [0.1, 0.15) is 0 Å². The fraction of sp³-hybridized carbons (Fsp3) is 0.938.